The predicted molar refractivity (Wildman–Crippen MR) is 73.6 cm³/mol. The summed E-state index contributed by atoms with van der Waals surface area (Å²) in [5.41, 5.74) is 0.233. The van der Waals surface area contributed by atoms with Crippen LogP contribution in [0.5, 0.6) is 0 Å². The van der Waals surface area contributed by atoms with Crippen LogP contribution in [0.4, 0.5) is 13.2 Å². The van der Waals surface area contributed by atoms with E-state index in [0.29, 0.717) is 5.56 Å². The third-order valence-electron chi connectivity index (χ3n) is 3.12. The lowest BCUT2D eigenvalue weighted by Crippen LogP contribution is -2.03. The molecule has 3 aromatic rings. The van der Waals surface area contributed by atoms with Gasteiger partial charge in [0, 0.05) is 41.9 Å². The monoisotopic (exact) mass is 319 g/mol. The molecule has 0 atom stereocenters. The summed E-state index contributed by atoms with van der Waals surface area (Å²) in [7, 11) is 0. The lowest BCUT2D eigenvalue weighted by atomic mass is 10.1. The molecule has 0 radical (unpaired) electrons. The molecule has 0 fully saturated rings. The summed E-state index contributed by atoms with van der Waals surface area (Å²) < 4.78 is 40.7. The Hall–Kier alpha value is -3.16. The molecule has 1 aromatic carbocycles. The Balaban J connectivity index is 2.17. The summed E-state index contributed by atoms with van der Waals surface area (Å²) in [6.45, 7) is 0. The Bertz CT molecular complexity index is 871. The van der Waals surface area contributed by atoms with Gasteiger partial charge in [0.1, 0.15) is 0 Å². The first kappa shape index (κ1) is 14.8. The van der Waals surface area contributed by atoms with Gasteiger partial charge < -0.3 is 5.11 Å². The lowest BCUT2D eigenvalue weighted by Gasteiger charge is -2.03. The highest BCUT2D eigenvalue weighted by Gasteiger charge is 2.19. The molecule has 23 heavy (non-hydrogen) atoms. The minimum absolute atomic E-state index is 0.140. The molecule has 0 unspecified atom stereocenters. The summed E-state index contributed by atoms with van der Waals surface area (Å²) in [4.78, 5) is 15.2. The number of aromatic nitrogens is 3. The second kappa shape index (κ2) is 5.56. The summed E-state index contributed by atoms with van der Waals surface area (Å²) in [6.07, 6.45) is 4.23. The van der Waals surface area contributed by atoms with Crippen molar-refractivity contribution in [2.24, 2.45) is 0 Å². The fourth-order valence-corrected chi connectivity index (χ4v) is 2.07. The summed E-state index contributed by atoms with van der Waals surface area (Å²) in [5.74, 6) is -5.71. The van der Waals surface area contributed by atoms with Gasteiger partial charge in [0.25, 0.3) is 0 Å². The van der Waals surface area contributed by atoms with E-state index >= 15 is 0 Å². The smallest absolute Gasteiger partial charge is 0.357 e. The normalized spacial score (nSPS) is 10.7. The first-order valence-electron chi connectivity index (χ1n) is 6.35. The van der Waals surface area contributed by atoms with Crippen LogP contribution >= 0.6 is 0 Å². The average Bonchev–Trinajstić information content (AvgIpc) is 2.98. The maximum atomic E-state index is 13.3. The Kier molecular flexibility index (Phi) is 3.57. The minimum atomic E-state index is -1.60. The van der Waals surface area contributed by atoms with Crippen molar-refractivity contribution in [3.8, 4) is 16.8 Å². The molecule has 0 saturated heterocycles. The van der Waals surface area contributed by atoms with Gasteiger partial charge in [-0.15, -0.1) is 0 Å². The van der Waals surface area contributed by atoms with E-state index in [1.807, 2.05) is 0 Å². The number of benzene rings is 1. The van der Waals surface area contributed by atoms with Crippen LogP contribution in [-0.4, -0.2) is 25.8 Å². The van der Waals surface area contributed by atoms with Gasteiger partial charge in [0.05, 0.1) is 5.69 Å². The molecule has 0 spiro atoms. The van der Waals surface area contributed by atoms with E-state index in [1.165, 1.54) is 18.6 Å². The van der Waals surface area contributed by atoms with Gasteiger partial charge in [-0.1, -0.05) is 6.07 Å². The second-order valence-corrected chi connectivity index (χ2v) is 4.61. The Morgan fingerprint density at radius 1 is 1.17 bits per heavy atom. The van der Waals surface area contributed by atoms with Gasteiger partial charge in [0.2, 0.25) is 0 Å². The molecule has 3 rings (SSSR count). The third-order valence-corrected chi connectivity index (χ3v) is 3.12. The summed E-state index contributed by atoms with van der Waals surface area (Å²) in [6, 6.07) is 4.68. The third kappa shape index (κ3) is 2.66. The molecule has 0 aliphatic rings. The maximum Gasteiger partial charge on any atom is 0.357 e. The quantitative estimate of drug-likeness (QED) is 0.753. The van der Waals surface area contributed by atoms with E-state index in [1.54, 1.807) is 12.1 Å². The largest absolute Gasteiger partial charge is 0.476 e. The van der Waals surface area contributed by atoms with E-state index in [0.717, 1.165) is 16.8 Å². The van der Waals surface area contributed by atoms with Crippen LogP contribution in [0.25, 0.3) is 16.8 Å². The van der Waals surface area contributed by atoms with Crippen molar-refractivity contribution in [1.82, 2.24) is 14.8 Å². The maximum absolute atomic E-state index is 13.3. The number of nitrogens with zero attached hydrogens (tertiary/aromatic N) is 3. The number of aromatic carboxylic acids is 1. The fourth-order valence-electron chi connectivity index (χ4n) is 2.07. The minimum Gasteiger partial charge on any atom is -0.476 e. The number of carbonyl (C=O) groups is 1. The topological polar surface area (TPSA) is 68.0 Å². The fraction of sp³-hybridized carbons (Fsp3) is 0. The molecule has 2 aromatic heterocycles. The molecular formula is C15H8F3N3O2. The van der Waals surface area contributed by atoms with Crippen LogP contribution in [0.1, 0.15) is 10.5 Å². The van der Waals surface area contributed by atoms with Crippen LogP contribution < -0.4 is 0 Å². The van der Waals surface area contributed by atoms with E-state index in [2.05, 4.69) is 10.1 Å². The van der Waals surface area contributed by atoms with Crippen molar-refractivity contribution in [3.05, 3.63) is 66.0 Å². The number of rotatable bonds is 3. The SMILES string of the molecule is O=C(O)c1nn(-c2cc(F)c(F)c(F)c2)cc1-c1cccnc1. The highest BCUT2D eigenvalue weighted by atomic mass is 19.2. The highest BCUT2D eigenvalue weighted by Crippen LogP contribution is 2.25. The first-order valence-corrected chi connectivity index (χ1v) is 6.35. The molecule has 2 heterocycles. The zero-order valence-electron chi connectivity index (χ0n) is 11.4. The van der Waals surface area contributed by atoms with Gasteiger partial charge in [0.15, 0.2) is 23.1 Å². The molecule has 1 N–H and O–H groups in total. The molecule has 0 aliphatic heterocycles. The van der Waals surface area contributed by atoms with E-state index in [-0.39, 0.29) is 16.9 Å². The highest BCUT2D eigenvalue weighted by molar-refractivity contribution is 5.93. The first-order chi connectivity index (χ1) is 11.0. The lowest BCUT2D eigenvalue weighted by molar-refractivity contribution is 0.0691. The Morgan fingerprint density at radius 2 is 1.87 bits per heavy atom. The van der Waals surface area contributed by atoms with Gasteiger partial charge in [-0.25, -0.2) is 22.6 Å². The van der Waals surface area contributed by atoms with Crippen molar-refractivity contribution in [2.75, 3.05) is 0 Å². The number of halogens is 3. The zero-order valence-corrected chi connectivity index (χ0v) is 11.4. The van der Waals surface area contributed by atoms with E-state index in [4.69, 9.17) is 0 Å². The van der Waals surface area contributed by atoms with Crippen LogP contribution in [-0.2, 0) is 0 Å². The Morgan fingerprint density at radius 3 is 2.43 bits per heavy atom. The van der Waals surface area contributed by atoms with Gasteiger partial charge >= 0.3 is 5.97 Å². The molecule has 0 bridgehead atoms. The molecule has 116 valence electrons. The van der Waals surface area contributed by atoms with E-state index in [9.17, 15) is 23.1 Å². The average molecular weight is 319 g/mol. The van der Waals surface area contributed by atoms with Crippen LogP contribution in [0.2, 0.25) is 0 Å². The molecule has 5 nitrogen and oxygen atoms in total. The second-order valence-electron chi connectivity index (χ2n) is 4.61. The molecule has 8 heteroatoms. The molecule has 0 aliphatic carbocycles. The number of carboxylic acids is 1. The van der Waals surface area contributed by atoms with Crippen LogP contribution in [0.15, 0.2) is 42.9 Å². The van der Waals surface area contributed by atoms with Crippen molar-refractivity contribution >= 4 is 5.97 Å². The molecule has 0 amide bonds. The summed E-state index contributed by atoms with van der Waals surface area (Å²) in [5, 5.41) is 13.0. The summed E-state index contributed by atoms with van der Waals surface area (Å²) >= 11 is 0. The van der Waals surface area contributed by atoms with Gasteiger partial charge in [-0.3, -0.25) is 4.98 Å². The van der Waals surface area contributed by atoms with Crippen LogP contribution in [0.3, 0.4) is 0 Å². The van der Waals surface area contributed by atoms with Crippen molar-refractivity contribution in [1.29, 1.82) is 0 Å². The van der Waals surface area contributed by atoms with Crippen LogP contribution in [0, 0.1) is 17.5 Å². The molecular weight excluding hydrogens is 311 g/mol. The van der Waals surface area contributed by atoms with Gasteiger partial charge in [-0.2, -0.15) is 5.10 Å². The predicted octanol–water partition coefficient (Wildman–Crippen LogP) is 3.05. The van der Waals surface area contributed by atoms with Gasteiger partial charge in [-0.05, 0) is 6.07 Å². The van der Waals surface area contributed by atoms with Crippen molar-refractivity contribution in [2.45, 2.75) is 0 Å². The zero-order chi connectivity index (χ0) is 16.6. The number of hydrogen-bond donors (Lipinski definition) is 1. The number of carboxylic acid groups (broad SMARTS) is 1. The molecule has 0 saturated carbocycles. The van der Waals surface area contributed by atoms with E-state index < -0.39 is 23.4 Å². The number of hydrogen-bond acceptors (Lipinski definition) is 3. The standard InChI is InChI=1S/C15H8F3N3O2/c16-11-4-9(5-12(17)13(11)18)21-7-10(14(20-21)15(22)23)8-2-1-3-19-6-8/h1-7H,(H,22,23). The van der Waals surface area contributed by atoms with Crippen molar-refractivity contribution in [3.63, 3.8) is 0 Å². The number of pyridine rings is 1. The Labute approximate surface area is 127 Å². The van der Waals surface area contributed by atoms with Crippen molar-refractivity contribution < 1.29 is 23.1 Å².